The highest BCUT2D eigenvalue weighted by Gasteiger charge is 2.48. The summed E-state index contributed by atoms with van der Waals surface area (Å²) >= 11 is 0. The molecule has 0 aliphatic carbocycles. The molecule has 1 saturated heterocycles. The lowest BCUT2D eigenvalue weighted by Gasteiger charge is -2.17. The molecule has 1 aromatic carbocycles. The Morgan fingerprint density at radius 2 is 2.12 bits per heavy atom. The highest BCUT2D eigenvalue weighted by molar-refractivity contribution is 5.23. The Hall–Kier alpha value is -1.46. The first-order chi connectivity index (χ1) is 8.15. The van der Waals surface area contributed by atoms with Crippen molar-refractivity contribution in [2.24, 2.45) is 0 Å². The Labute approximate surface area is 99.8 Å². The molecule has 5 heteroatoms. The summed E-state index contributed by atoms with van der Waals surface area (Å²) in [7, 11) is 1.82. The van der Waals surface area contributed by atoms with Crippen LogP contribution in [0, 0.1) is 10.1 Å². The zero-order valence-corrected chi connectivity index (χ0v) is 9.69. The second-order valence-corrected chi connectivity index (χ2v) is 4.48. The van der Waals surface area contributed by atoms with E-state index in [0.717, 1.165) is 5.56 Å². The molecule has 17 heavy (non-hydrogen) atoms. The minimum Gasteiger partial charge on any atom is -0.394 e. The summed E-state index contributed by atoms with van der Waals surface area (Å²) in [6, 6.07) is 8.37. The number of aliphatic hydroxyl groups excluding tert-OH is 1. The molecule has 1 aliphatic rings. The molecule has 2 rings (SSSR count). The van der Waals surface area contributed by atoms with Gasteiger partial charge in [0.1, 0.15) is 6.04 Å². The van der Waals surface area contributed by atoms with Gasteiger partial charge < -0.3 is 5.11 Å². The number of hydrogen-bond acceptors (Lipinski definition) is 4. The molecule has 0 aromatic heterocycles. The Morgan fingerprint density at radius 3 is 2.65 bits per heavy atom. The average Bonchev–Trinajstić information content (AvgIpc) is 2.67. The van der Waals surface area contributed by atoms with Gasteiger partial charge in [-0.25, -0.2) is 0 Å². The lowest BCUT2D eigenvalue weighted by Crippen LogP contribution is -2.40. The van der Waals surface area contributed by atoms with Gasteiger partial charge in [0.25, 0.3) is 0 Å². The second-order valence-electron chi connectivity index (χ2n) is 4.48. The fraction of sp³-hybridized carbons (Fsp3) is 0.500. The molecular weight excluding hydrogens is 220 g/mol. The van der Waals surface area contributed by atoms with E-state index >= 15 is 0 Å². The van der Waals surface area contributed by atoms with Crippen molar-refractivity contribution in [3.63, 3.8) is 0 Å². The molecule has 1 heterocycles. The van der Waals surface area contributed by atoms with Crippen molar-refractivity contribution in [3.8, 4) is 0 Å². The molecule has 92 valence electrons. The van der Waals surface area contributed by atoms with Gasteiger partial charge in [-0.3, -0.25) is 15.0 Å². The van der Waals surface area contributed by atoms with Crippen LogP contribution in [0.15, 0.2) is 30.3 Å². The lowest BCUT2D eigenvalue weighted by molar-refractivity contribution is -0.528. The number of likely N-dealkylation sites (tertiary alicyclic amines) is 1. The first kappa shape index (κ1) is 12.0. The van der Waals surface area contributed by atoms with Crippen molar-refractivity contribution in [3.05, 3.63) is 46.0 Å². The summed E-state index contributed by atoms with van der Waals surface area (Å²) in [4.78, 5) is 12.8. The van der Waals surface area contributed by atoms with Gasteiger partial charge in [0.05, 0.1) is 12.5 Å². The number of aliphatic hydroxyl groups is 1. The average molecular weight is 236 g/mol. The van der Waals surface area contributed by atoms with Crippen LogP contribution in [0.3, 0.4) is 0 Å². The molecule has 5 nitrogen and oxygen atoms in total. The molecule has 3 atom stereocenters. The van der Waals surface area contributed by atoms with Crippen molar-refractivity contribution in [2.45, 2.75) is 18.0 Å². The molecule has 0 amide bonds. The number of nitrogens with zero attached hydrogens (tertiary/aromatic N) is 2. The largest absolute Gasteiger partial charge is 0.394 e. The first-order valence-electron chi connectivity index (χ1n) is 5.64. The zero-order valence-electron chi connectivity index (χ0n) is 9.69. The van der Waals surface area contributed by atoms with Gasteiger partial charge >= 0.3 is 0 Å². The van der Waals surface area contributed by atoms with Gasteiger partial charge in [-0.15, -0.1) is 0 Å². The van der Waals surface area contributed by atoms with E-state index in [1.165, 1.54) is 0 Å². The summed E-state index contributed by atoms with van der Waals surface area (Å²) in [6.45, 7) is 0.437. The van der Waals surface area contributed by atoms with Gasteiger partial charge in [0, 0.05) is 11.5 Å². The smallest absolute Gasteiger partial charge is 0.238 e. The van der Waals surface area contributed by atoms with Crippen LogP contribution >= 0.6 is 0 Å². The second kappa shape index (κ2) is 4.81. The number of nitro groups is 1. The highest BCUT2D eigenvalue weighted by atomic mass is 16.6. The molecule has 1 aliphatic heterocycles. The molecule has 0 spiro atoms. The van der Waals surface area contributed by atoms with Crippen molar-refractivity contribution in [1.82, 2.24) is 4.90 Å². The van der Waals surface area contributed by atoms with Crippen LogP contribution in [0.1, 0.15) is 11.5 Å². The minimum absolute atomic E-state index is 0.145. The number of rotatable bonds is 3. The Balaban J connectivity index is 2.31. The third-order valence-corrected chi connectivity index (χ3v) is 3.52. The van der Waals surface area contributed by atoms with Crippen molar-refractivity contribution < 1.29 is 10.0 Å². The first-order valence-corrected chi connectivity index (χ1v) is 5.64. The van der Waals surface area contributed by atoms with E-state index in [1.807, 2.05) is 42.3 Å². The van der Waals surface area contributed by atoms with Crippen LogP contribution in [-0.4, -0.2) is 47.2 Å². The van der Waals surface area contributed by atoms with Gasteiger partial charge in [0.2, 0.25) is 6.04 Å². The summed E-state index contributed by atoms with van der Waals surface area (Å²) < 4.78 is 0. The third kappa shape index (κ3) is 2.16. The summed E-state index contributed by atoms with van der Waals surface area (Å²) in [5.74, 6) is -0.145. The summed E-state index contributed by atoms with van der Waals surface area (Å²) in [6.07, 6.45) is 0. The maximum Gasteiger partial charge on any atom is 0.238 e. The Bertz CT molecular complexity index is 396. The van der Waals surface area contributed by atoms with E-state index < -0.39 is 12.1 Å². The molecule has 0 bridgehead atoms. The van der Waals surface area contributed by atoms with Crippen molar-refractivity contribution >= 4 is 0 Å². The SMILES string of the molecule is CN1C[C@H](c2ccccc2)[C@@H]([N+](=O)[O-])[C@@H]1CO. The van der Waals surface area contributed by atoms with E-state index in [4.69, 9.17) is 0 Å². The predicted molar refractivity (Wildman–Crippen MR) is 63.5 cm³/mol. The Morgan fingerprint density at radius 1 is 1.47 bits per heavy atom. The fourth-order valence-electron chi connectivity index (χ4n) is 2.62. The van der Waals surface area contributed by atoms with Gasteiger partial charge in [-0.1, -0.05) is 30.3 Å². The minimum atomic E-state index is -0.729. The molecule has 0 saturated carbocycles. The van der Waals surface area contributed by atoms with E-state index in [9.17, 15) is 15.2 Å². The molecule has 1 N–H and O–H groups in total. The van der Waals surface area contributed by atoms with Gasteiger partial charge in [-0.2, -0.15) is 0 Å². The summed E-state index contributed by atoms with van der Waals surface area (Å²) in [5.41, 5.74) is 0.969. The lowest BCUT2D eigenvalue weighted by atomic mass is 9.92. The van der Waals surface area contributed by atoms with Crippen molar-refractivity contribution in [1.29, 1.82) is 0 Å². The molecular formula is C12H16N2O3. The number of hydrogen-bond donors (Lipinski definition) is 1. The molecule has 0 radical (unpaired) electrons. The predicted octanol–water partition coefficient (Wildman–Crippen LogP) is 0.722. The van der Waals surface area contributed by atoms with Crippen molar-refractivity contribution in [2.75, 3.05) is 20.2 Å². The van der Waals surface area contributed by atoms with Crippen LogP contribution in [0.2, 0.25) is 0 Å². The molecule has 0 unspecified atom stereocenters. The Kier molecular flexibility index (Phi) is 3.40. The van der Waals surface area contributed by atoms with E-state index in [0.29, 0.717) is 6.54 Å². The van der Waals surface area contributed by atoms with Crippen LogP contribution in [0.25, 0.3) is 0 Å². The normalized spacial score (nSPS) is 29.4. The standard InChI is InChI=1S/C12H16N2O3/c1-13-7-10(9-5-3-2-4-6-9)12(14(16)17)11(13)8-15/h2-6,10-12,15H,7-8H2,1H3/t10-,11+,12-/m1/s1. The number of likely N-dealkylation sites (N-methyl/N-ethyl adjacent to an activating group) is 1. The molecule has 1 fully saturated rings. The third-order valence-electron chi connectivity index (χ3n) is 3.52. The van der Waals surface area contributed by atoms with Crippen LogP contribution in [0.4, 0.5) is 0 Å². The fourth-order valence-corrected chi connectivity index (χ4v) is 2.62. The topological polar surface area (TPSA) is 66.6 Å². The van der Waals surface area contributed by atoms with Crippen LogP contribution in [0.5, 0.6) is 0 Å². The van der Waals surface area contributed by atoms with E-state index in [2.05, 4.69) is 0 Å². The quantitative estimate of drug-likeness (QED) is 0.620. The van der Waals surface area contributed by atoms with Crippen LogP contribution in [-0.2, 0) is 0 Å². The van der Waals surface area contributed by atoms with E-state index in [-0.39, 0.29) is 17.4 Å². The monoisotopic (exact) mass is 236 g/mol. The highest BCUT2D eigenvalue weighted by Crippen LogP contribution is 2.32. The zero-order chi connectivity index (χ0) is 12.4. The summed E-state index contributed by atoms with van der Waals surface area (Å²) in [5, 5.41) is 20.4. The number of benzene rings is 1. The maximum absolute atomic E-state index is 11.2. The van der Waals surface area contributed by atoms with Gasteiger partial charge in [0.15, 0.2) is 0 Å². The van der Waals surface area contributed by atoms with Crippen LogP contribution < -0.4 is 0 Å². The maximum atomic E-state index is 11.2. The van der Waals surface area contributed by atoms with Gasteiger partial charge in [-0.05, 0) is 12.6 Å². The van der Waals surface area contributed by atoms with E-state index in [1.54, 1.807) is 0 Å². The molecule has 1 aromatic rings.